The van der Waals surface area contributed by atoms with E-state index >= 15 is 8.78 Å². The first-order valence-corrected chi connectivity index (χ1v) is 15.9. The van der Waals surface area contributed by atoms with Crippen LogP contribution in [0.25, 0.3) is 0 Å². The predicted molar refractivity (Wildman–Crippen MR) is 162 cm³/mol. The number of carboxylic acid groups (broad SMARTS) is 1. The number of aliphatic imine (C=N–C) groups is 1. The first-order chi connectivity index (χ1) is 21.7. The van der Waals surface area contributed by atoms with Gasteiger partial charge in [0.15, 0.2) is 10.8 Å². The zero-order chi connectivity index (χ0) is 33.4. The number of ether oxygens (including phenoxy) is 1. The average molecular weight is 668 g/mol. The van der Waals surface area contributed by atoms with Gasteiger partial charge in [-0.2, -0.15) is 5.06 Å². The van der Waals surface area contributed by atoms with E-state index < -0.39 is 66.5 Å². The van der Waals surface area contributed by atoms with E-state index in [1.54, 1.807) is 31.5 Å². The molecule has 1 aromatic heterocycles. The van der Waals surface area contributed by atoms with Gasteiger partial charge in [-0.25, -0.2) is 27.3 Å². The molecule has 4 atom stereocenters. The molecule has 0 spiro atoms. The Balaban J connectivity index is 1.44. The summed E-state index contributed by atoms with van der Waals surface area (Å²) in [5.41, 5.74) is -0.161. The van der Waals surface area contributed by atoms with Crippen LogP contribution >= 0.6 is 11.3 Å². The van der Waals surface area contributed by atoms with Crippen molar-refractivity contribution < 1.29 is 41.8 Å². The number of thiazole rings is 1. The first-order valence-electron chi connectivity index (χ1n) is 15.0. The van der Waals surface area contributed by atoms with Crippen LogP contribution in [0, 0.1) is 18.2 Å². The number of carbonyl (C=O) groups excluding carboxylic acids is 1. The van der Waals surface area contributed by atoms with Crippen molar-refractivity contribution >= 4 is 29.1 Å². The maximum absolute atomic E-state index is 15.6. The molecule has 3 aliphatic rings. The normalized spacial score (nSPS) is 24.0. The van der Waals surface area contributed by atoms with Crippen molar-refractivity contribution in [2.45, 2.75) is 70.8 Å². The molecule has 5 rings (SSSR count). The van der Waals surface area contributed by atoms with Crippen LogP contribution in [-0.2, 0) is 19.2 Å². The highest BCUT2D eigenvalue weighted by Crippen LogP contribution is 2.42. The van der Waals surface area contributed by atoms with Gasteiger partial charge in [0.1, 0.15) is 24.1 Å². The van der Waals surface area contributed by atoms with Gasteiger partial charge in [0.25, 0.3) is 5.92 Å². The van der Waals surface area contributed by atoms with Crippen LogP contribution in [-0.4, -0.2) is 94.9 Å². The summed E-state index contributed by atoms with van der Waals surface area (Å²) in [5, 5.41) is 15.7. The first kappa shape index (κ1) is 33.9. The number of likely N-dealkylation sites (tertiary alicyclic amines) is 1. The molecule has 1 aromatic carbocycles. The minimum absolute atomic E-state index is 0.0271. The molecule has 2 N–H and O–H groups in total. The highest BCUT2D eigenvalue weighted by atomic mass is 32.1. The summed E-state index contributed by atoms with van der Waals surface area (Å²) >= 11 is 1.28. The fourth-order valence-corrected chi connectivity index (χ4v) is 6.62. The molecule has 2 saturated heterocycles. The van der Waals surface area contributed by atoms with E-state index in [4.69, 9.17) is 14.6 Å². The van der Waals surface area contributed by atoms with Gasteiger partial charge in [-0.3, -0.25) is 19.5 Å². The second-order valence-electron chi connectivity index (χ2n) is 12.3. The van der Waals surface area contributed by atoms with Crippen molar-refractivity contribution in [3.63, 3.8) is 0 Å². The lowest BCUT2D eigenvalue weighted by molar-refractivity contribution is -0.189. The van der Waals surface area contributed by atoms with Crippen LogP contribution in [0.3, 0.4) is 0 Å². The number of aliphatic carboxylic acids is 1. The number of hydrogen-bond donors (Lipinski definition) is 2. The van der Waals surface area contributed by atoms with E-state index in [1.807, 2.05) is 0 Å². The third-order valence-electron chi connectivity index (χ3n) is 8.66. The molecular formula is C31H37F4N5O5S. The Hall–Kier alpha value is -3.40. The molecule has 0 radical (unpaired) electrons. The highest BCUT2D eigenvalue weighted by Gasteiger charge is 2.61. The Labute approximate surface area is 268 Å². The van der Waals surface area contributed by atoms with Crippen molar-refractivity contribution in [2.24, 2.45) is 10.4 Å². The van der Waals surface area contributed by atoms with E-state index in [1.165, 1.54) is 42.2 Å². The third-order valence-corrected chi connectivity index (χ3v) is 9.44. The van der Waals surface area contributed by atoms with Gasteiger partial charge in [-0.1, -0.05) is 12.1 Å². The number of hydroxylamine groups is 2. The van der Waals surface area contributed by atoms with Gasteiger partial charge < -0.3 is 15.2 Å². The zero-order valence-electron chi connectivity index (χ0n) is 25.9. The molecule has 2 fully saturated rings. The number of carbonyl (C=O) groups is 2. The van der Waals surface area contributed by atoms with E-state index in [9.17, 15) is 23.5 Å². The topological polar surface area (TPSA) is 117 Å². The Morgan fingerprint density at radius 3 is 2.76 bits per heavy atom. The second-order valence-corrected chi connectivity index (χ2v) is 13.2. The zero-order valence-corrected chi connectivity index (χ0v) is 26.8. The summed E-state index contributed by atoms with van der Waals surface area (Å²) < 4.78 is 66.4. The SMILES string of the molecule is CCOC(=O)C1=C(CN2CC(F)(F)[C@H]3[C@@H]2CON3C[C@H](F)CCC(C)(C)C(=O)O)NC(c2nccs2)=N[C@H]1c1cccc(F)c1C. The maximum Gasteiger partial charge on any atom is 0.338 e. The third kappa shape index (κ3) is 6.82. The van der Waals surface area contributed by atoms with Crippen LogP contribution < -0.4 is 5.32 Å². The molecule has 2 aromatic rings. The molecule has 0 aliphatic carbocycles. The molecule has 10 nitrogen and oxygen atoms in total. The van der Waals surface area contributed by atoms with Gasteiger partial charge in [0.05, 0.1) is 43.3 Å². The monoisotopic (exact) mass is 667 g/mol. The molecule has 0 saturated carbocycles. The van der Waals surface area contributed by atoms with E-state index in [2.05, 4.69) is 10.3 Å². The number of benzene rings is 1. The van der Waals surface area contributed by atoms with Crippen molar-refractivity contribution in [1.82, 2.24) is 20.3 Å². The number of nitrogens with one attached hydrogen (secondary N) is 1. The van der Waals surface area contributed by atoms with Gasteiger partial charge in [-0.05, 0) is 57.7 Å². The highest BCUT2D eigenvalue weighted by molar-refractivity contribution is 7.11. The molecule has 46 heavy (non-hydrogen) atoms. The number of rotatable bonds is 12. The Morgan fingerprint density at radius 1 is 1.33 bits per heavy atom. The van der Waals surface area contributed by atoms with Gasteiger partial charge in [0.2, 0.25) is 0 Å². The molecule has 15 heteroatoms. The molecule has 0 unspecified atom stereocenters. The maximum atomic E-state index is 15.6. The number of alkyl halides is 3. The number of esters is 1. The van der Waals surface area contributed by atoms with E-state index in [0.717, 1.165) is 5.06 Å². The van der Waals surface area contributed by atoms with E-state index in [0.29, 0.717) is 16.4 Å². The summed E-state index contributed by atoms with van der Waals surface area (Å²) in [4.78, 5) is 41.0. The quantitative estimate of drug-likeness (QED) is 0.246. The number of carboxylic acids is 1. The molecular weight excluding hydrogens is 630 g/mol. The summed E-state index contributed by atoms with van der Waals surface area (Å²) in [6.45, 7) is 4.77. The lowest BCUT2D eigenvalue weighted by Crippen LogP contribution is -2.47. The van der Waals surface area contributed by atoms with Crippen molar-refractivity contribution in [1.29, 1.82) is 0 Å². The van der Waals surface area contributed by atoms with Crippen molar-refractivity contribution in [3.05, 3.63) is 63.0 Å². The fourth-order valence-electron chi connectivity index (χ4n) is 6.03. The van der Waals surface area contributed by atoms with Crippen LogP contribution in [0.1, 0.15) is 55.8 Å². The average Bonchev–Trinajstić information content (AvgIpc) is 3.73. The number of halogens is 4. The number of aromatic nitrogens is 1. The Bertz CT molecular complexity index is 1520. The van der Waals surface area contributed by atoms with Crippen LogP contribution in [0.15, 0.2) is 46.0 Å². The minimum atomic E-state index is -3.30. The van der Waals surface area contributed by atoms with Crippen LogP contribution in [0.2, 0.25) is 0 Å². The lowest BCUT2D eigenvalue weighted by Gasteiger charge is -2.31. The Morgan fingerprint density at radius 2 is 2.09 bits per heavy atom. The lowest BCUT2D eigenvalue weighted by atomic mass is 9.87. The smallest absolute Gasteiger partial charge is 0.338 e. The predicted octanol–water partition coefficient (Wildman–Crippen LogP) is 4.66. The van der Waals surface area contributed by atoms with Crippen molar-refractivity contribution in [2.75, 3.05) is 32.8 Å². The van der Waals surface area contributed by atoms with Crippen molar-refractivity contribution in [3.8, 4) is 0 Å². The molecule has 250 valence electrons. The van der Waals surface area contributed by atoms with Gasteiger partial charge >= 0.3 is 11.9 Å². The summed E-state index contributed by atoms with van der Waals surface area (Å²) in [6.07, 6.45) is -0.119. The van der Waals surface area contributed by atoms with Gasteiger partial charge in [-0.15, -0.1) is 11.3 Å². The molecule has 4 heterocycles. The minimum Gasteiger partial charge on any atom is -0.481 e. The fraction of sp³-hybridized carbons (Fsp3) is 0.548. The number of nitrogens with zero attached hydrogens (tertiary/aromatic N) is 4. The number of fused-ring (bicyclic) bond motifs is 1. The van der Waals surface area contributed by atoms with E-state index in [-0.39, 0.29) is 49.4 Å². The van der Waals surface area contributed by atoms with Crippen LogP contribution in [0.4, 0.5) is 17.6 Å². The largest absolute Gasteiger partial charge is 0.481 e. The Kier molecular flexibility index (Phi) is 9.87. The summed E-state index contributed by atoms with van der Waals surface area (Å²) in [7, 11) is 0. The second kappa shape index (κ2) is 13.4. The summed E-state index contributed by atoms with van der Waals surface area (Å²) in [5.74, 6) is -5.29. The summed E-state index contributed by atoms with van der Waals surface area (Å²) in [6, 6.07) is 1.13. The standard InChI is InChI=1S/C31H37F4N5O5S/c1-5-44-28(41)23-21(37-26(27-36-11-12-46-27)38-24(23)19-7-6-8-20(33)17(19)2)14-39-16-31(34,35)25-22(39)15-45-40(25)13-18(32)9-10-30(3,4)29(42)43/h6-8,11-12,18,22,24-25H,5,9-10,13-16H2,1-4H3,(H,37,38)(H,42,43)/t18-,22+,24+,25-/m1/s1. The molecule has 3 aliphatic heterocycles. The molecule has 0 bridgehead atoms. The van der Waals surface area contributed by atoms with Gasteiger partial charge in [0, 0.05) is 23.8 Å². The van der Waals surface area contributed by atoms with Crippen LogP contribution in [0.5, 0.6) is 0 Å². The molecule has 0 amide bonds. The number of amidine groups is 1. The number of hydrogen-bond acceptors (Lipinski definition) is 10.